The van der Waals surface area contributed by atoms with Crippen molar-refractivity contribution in [3.63, 3.8) is 0 Å². The van der Waals surface area contributed by atoms with Gasteiger partial charge < -0.3 is 10.5 Å². The van der Waals surface area contributed by atoms with E-state index in [-0.39, 0.29) is 5.41 Å². The fourth-order valence-electron chi connectivity index (χ4n) is 2.68. The highest BCUT2D eigenvalue weighted by atomic mass is 16.5. The Hall–Kier alpha value is -0.860. The minimum atomic E-state index is -0.0867. The Balaban J connectivity index is 3.30. The number of methoxy groups -OCH3 is 1. The Morgan fingerprint density at radius 1 is 1.19 bits per heavy atom. The highest BCUT2D eigenvalue weighted by molar-refractivity contribution is 5.42. The summed E-state index contributed by atoms with van der Waals surface area (Å²) in [6, 6.07) is 4.43. The Bertz CT molecular complexity index is 350. The van der Waals surface area contributed by atoms with Crippen molar-refractivity contribution in [2.45, 2.75) is 33.1 Å². The number of nitrogens with two attached hydrogens (primary N) is 1. The summed E-state index contributed by atoms with van der Waals surface area (Å²) in [6.07, 6.45) is 0. The van der Waals surface area contributed by atoms with E-state index >= 15 is 0 Å². The van der Waals surface area contributed by atoms with E-state index in [1.807, 2.05) is 0 Å². The molecule has 16 heavy (non-hydrogen) atoms. The zero-order valence-electron chi connectivity index (χ0n) is 11.1. The molecule has 0 spiro atoms. The van der Waals surface area contributed by atoms with E-state index in [1.54, 1.807) is 7.11 Å². The molecule has 0 radical (unpaired) electrons. The molecule has 0 aliphatic heterocycles. The van der Waals surface area contributed by atoms with Crippen LogP contribution in [0.5, 0.6) is 0 Å². The Labute approximate surface area is 98.8 Å². The molecule has 1 rings (SSSR count). The molecule has 0 saturated carbocycles. The molecule has 1 aromatic carbocycles. The smallest absolute Gasteiger partial charge is 0.0568 e. The lowest BCUT2D eigenvalue weighted by atomic mass is 9.78. The van der Waals surface area contributed by atoms with Crippen LogP contribution in [0.4, 0.5) is 0 Å². The van der Waals surface area contributed by atoms with Crippen molar-refractivity contribution in [3.05, 3.63) is 34.4 Å². The van der Waals surface area contributed by atoms with E-state index in [9.17, 15) is 0 Å². The van der Waals surface area contributed by atoms with Crippen LogP contribution < -0.4 is 5.73 Å². The van der Waals surface area contributed by atoms with Crippen LogP contribution in [0.25, 0.3) is 0 Å². The van der Waals surface area contributed by atoms with Gasteiger partial charge in [-0.2, -0.15) is 0 Å². The summed E-state index contributed by atoms with van der Waals surface area (Å²) in [5.74, 6) is 0. The SMILES string of the molecule is COCC(C)(CN)c1c(C)cc(C)cc1C. The van der Waals surface area contributed by atoms with Gasteiger partial charge in [-0.05, 0) is 37.5 Å². The van der Waals surface area contributed by atoms with Gasteiger partial charge in [0.1, 0.15) is 0 Å². The van der Waals surface area contributed by atoms with Gasteiger partial charge in [0.05, 0.1) is 6.61 Å². The summed E-state index contributed by atoms with van der Waals surface area (Å²) in [6.45, 7) is 9.86. The summed E-state index contributed by atoms with van der Waals surface area (Å²) in [4.78, 5) is 0. The molecule has 0 fully saturated rings. The number of hydrogen-bond acceptors (Lipinski definition) is 2. The highest BCUT2D eigenvalue weighted by Gasteiger charge is 2.28. The molecule has 0 amide bonds. The molecule has 2 N–H and O–H groups in total. The number of rotatable bonds is 4. The normalized spacial score (nSPS) is 14.9. The second-order valence-corrected chi connectivity index (χ2v) is 4.97. The zero-order chi connectivity index (χ0) is 12.3. The van der Waals surface area contributed by atoms with Gasteiger partial charge in [-0.15, -0.1) is 0 Å². The summed E-state index contributed by atoms with van der Waals surface area (Å²) in [5, 5.41) is 0. The van der Waals surface area contributed by atoms with Gasteiger partial charge in [-0.1, -0.05) is 24.6 Å². The molecule has 0 aliphatic carbocycles. The van der Waals surface area contributed by atoms with E-state index < -0.39 is 0 Å². The molecule has 90 valence electrons. The van der Waals surface area contributed by atoms with Crippen molar-refractivity contribution >= 4 is 0 Å². The number of ether oxygens (including phenoxy) is 1. The molecule has 0 aromatic heterocycles. The van der Waals surface area contributed by atoms with Gasteiger partial charge in [0.15, 0.2) is 0 Å². The second-order valence-electron chi connectivity index (χ2n) is 4.97. The van der Waals surface area contributed by atoms with Crippen LogP contribution in [0.1, 0.15) is 29.2 Å². The second kappa shape index (κ2) is 4.98. The van der Waals surface area contributed by atoms with Gasteiger partial charge >= 0.3 is 0 Å². The maximum absolute atomic E-state index is 5.92. The average Bonchev–Trinajstić information content (AvgIpc) is 2.16. The van der Waals surface area contributed by atoms with E-state index in [0.29, 0.717) is 13.2 Å². The largest absolute Gasteiger partial charge is 0.384 e. The Morgan fingerprint density at radius 3 is 2.06 bits per heavy atom. The monoisotopic (exact) mass is 221 g/mol. The first-order chi connectivity index (χ1) is 7.44. The lowest BCUT2D eigenvalue weighted by Crippen LogP contribution is -2.37. The minimum Gasteiger partial charge on any atom is -0.384 e. The fraction of sp³-hybridized carbons (Fsp3) is 0.571. The van der Waals surface area contributed by atoms with E-state index in [0.717, 1.165) is 0 Å². The maximum Gasteiger partial charge on any atom is 0.0568 e. The third-order valence-corrected chi connectivity index (χ3v) is 3.19. The van der Waals surface area contributed by atoms with Crippen LogP contribution in [-0.2, 0) is 10.2 Å². The fourth-order valence-corrected chi connectivity index (χ4v) is 2.68. The van der Waals surface area contributed by atoms with Crippen molar-refractivity contribution in [3.8, 4) is 0 Å². The molecule has 0 heterocycles. The lowest BCUT2D eigenvalue weighted by molar-refractivity contribution is 0.141. The van der Waals surface area contributed by atoms with E-state index in [1.165, 1.54) is 22.3 Å². The van der Waals surface area contributed by atoms with Crippen molar-refractivity contribution in [2.75, 3.05) is 20.3 Å². The van der Waals surface area contributed by atoms with Gasteiger partial charge in [0, 0.05) is 19.1 Å². The lowest BCUT2D eigenvalue weighted by Gasteiger charge is -2.31. The van der Waals surface area contributed by atoms with Crippen LogP contribution >= 0.6 is 0 Å². The Morgan fingerprint density at radius 2 is 1.69 bits per heavy atom. The van der Waals surface area contributed by atoms with Crippen LogP contribution in [0.3, 0.4) is 0 Å². The first kappa shape index (κ1) is 13.2. The quantitative estimate of drug-likeness (QED) is 0.847. The predicted molar refractivity (Wildman–Crippen MR) is 68.9 cm³/mol. The third kappa shape index (κ3) is 2.45. The number of benzene rings is 1. The van der Waals surface area contributed by atoms with Crippen LogP contribution in [0.15, 0.2) is 12.1 Å². The van der Waals surface area contributed by atoms with Crippen molar-refractivity contribution in [1.29, 1.82) is 0 Å². The van der Waals surface area contributed by atoms with Gasteiger partial charge in [0.2, 0.25) is 0 Å². The maximum atomic E-state index is 5.92. The molecule has 2 heteroatoms. The molecule has 2 nitrogen and oxygen atoms in total. The van der Waals surface area contributed by atoms with Crippen LogP contribution in [0.2, 0.25) is 0 Å². The third-order valence-electron chi connectivity index (χ3n) is 3.19. The topological polar surface area (TPSA) is 35.2 Å². The van der Waals surface area contributed by atoms with Gasteiger partial charge in [-0.25, -0.2) is 0 Å². The zero-order valence-corrected chi connectivity index (χ0v) is 11.1. The summed E-state index contributed by atoms with van der Waals surface area (Å²) >= 11 is 0. The molecule has 1 atom stereocenters. The van der Waals surface area contributed by atoms with Crippen molar-refractivity contribution in [1.82, 2.24) is 0 Å². The first-order valence-electron chi connectivity index (χ1n) is 5.72. The van der Waals surface area contributed by atoms with Crippen molar-refractivity contribution < 1.29 is 4.74 Å². The standard InChI is InChI=1S/C14H23NO/c1-10-6-11(2)13(12(3)7-10)14(4,8-15)9-16-5/h6-7H,8-9,15H2,1-5H3. The summed E-state index contributed by atoms with van der Waals surface area (Å²) in [5.41, 5.74) is 11.1. The van der Waals surface area contributed by atoms with Crippen LogP contribution in [0, 0.1) is 20.8 Å². The molecular weight excluding hydrogens is 198 g/mol. The molecule has 0 saturated heterocycles. The highest BCUT2D eigenvalue weighted by Crippen LogP contribution is 2.30. The molecule has 1 unspecified atom stereocenters. The van der Waals surface area contributed by atoms with Gasteiger partial charge in [-0.3, -0.25) is 0 Å². The predicted octanol–water partition coefficient (Wildman–Crippen LogP) is 2.47. The molecule has 1 aromatic rings. The van der Waals surface area contributed by atoms with Crippen LogP contribution in [-0.4, -0.2) is 20.3 Å². The summed E-state index contributed by atoms with van der Waals surface area (Å²) in [7, 11) is 1.73. The number of aryl methyl sites for hydroxylation is 3. The number of hydrogen-bond donors (Lipinski definition) is 1. The van der Waals surface area contributed by atoms with E-state index in [2.05, 4.69) is 39.8 Å². The van der Waals surface area contributed by atoms with Gasteiger partial charge in [0.25, 0.3) is 0 Å². The first-order valence-corrected chi connectivity index (χ1v) is 5.72. The van der Waals surface area contributed by atoms with Crippen molar-refractivity contribution in [2.24, 2.45) is 5.73 Å². The Kier molecular flexibility index (Phi) is 4.11. The minimum absolute atomic E-state index is 0.0867. The average molecular weight is 221 g/mol. The molecule has 0 aliphatic rings. The molecule has 0 bridgehead atoms. The van der Waals surface area contributed by atoms with E-state index in [4.69, 9.17) is 10.5 Å². The summed E-state index contributed by atoms with van der Waals surface area (Å²) < 4.78 is 5.31. The molecular formula is C14H23NO.